The van der Waals surface area contributed by atoms with E-state index in [4.69, 9.17) is 5.73 Å². The van der Waals surface area contributed by atoms with Crippen molar-refractivity contribution in [3.05, 3.63) is 12.7 Å². The van der Waals surface area contributed by atoms with Crippen LogP contribution in [0.1, 0.15) is 13.3 Å². The van der Waals surface area contributed by atoms with Gasteiger partial charge in [-0.2, -0.15) is 0 Å². The van der Waals surface area contributed by atoms with Crippen LogP contribution in [0.4, 0.5) is 0 Å². The minimum Gasteiger partial charge on any atom is -0.343 e. The van der Waals surface area contributed by atoms with Gasteiger partial charge in [0.15, 0.2) is 0 Å². The van der Waals surface area contributed by atoms with Crippen molar-refractivity contribution in [1.82, 2.24) is 4.90 Å². The van der Waals surface area contributed by atoms with Gasteiger partial charge in [-0.15, -0.1) is 6.58 Å². The molecule has 2 N–H and O–H groups in total. The fraction of sp³-hybridized carbons (Fsp3) is 0.625. The van der Waals surface area contributed by atoms with Gasteiger partial charge >= 0.3 is 0 Å². The molecule has 0 radical (unpaired) electrons. The summed E-state index contributed by atoms with van der Waals surface area (Å²) in [6.07, 6.45) is 2.78. The summed E-state index contributed by atoms with van der Waals surface area (Å²) in [7, 11) is 0. The minimum absolute atomic E-state index is 0.0798. The molecule has 62 valence electrons. The van der Waals surface area contributed by atoms with Crippen LogP contribution in [-0.4, -0.2) is 30.0 Å². The largest absolute Gasteiger partial charge is 0.343 e. The molecule has 0 saturated heterocycles. The summed E-state index contributed by atoms with van der Waals surface area (Å²) >= 11 is 0. The van der Waals surface area contributed by atoms with Gasteiger partial charge in [-0.1, -0.05) is 6.08 Å². The molecule has 1 rings (SSSR count). The Balaban J connectivity index is 2.55. The van der Waals surface area contributed by atoms with Gasteiger partial charge in [0.1, 0.15) is 5.84 Å². The van der Waals surface area contributed by atoms with Crippen LogP contribution in [0, 0.1) is 0 Å². The molecule has 3 nitrogen and oxygen atoms in total. The monoisotopic (exact) mass is 153 g/mol. The van der Waals surface area contributed by atoms with Crippen molar-refractivity contribution in [2.24, 2.45) is 10.7 Å². The Morgan fingerprint density at radius 2 is 2.64 bits per heavy atom. The summed E-state index contributed by atoms with van der Waals surface area (Å²) in [5.41, 5.74) is 5.73. The second-order valence-corrected chi connectivity index (χ2v) is 2.72. The van der Waals surface area contributed by atoms with Crippen LogP contribution in [0.5, 0.6) is 0 Å². The Bertz CT molecular complexity index is 172. The Morgan fingerprint density at radius 3 is 3.18 bits per heavy atom. The highest BCUT2D eigenvalue weighted by atomic mass is 15.3. The zero-order valence-electron chi connectivity index (χ0n) is 6.95. The quantitative estimate of drug-likeness (QED) is 0.603. The highest BCUT2D eigenvalue weighted by Gasteiger charge is 2.17. The van der Waals surface area contributed by atoms with E-state index < -0.39 is 0 Å². The molecular formula is C8H15N3. The first-order chi connectivity index (χ1) is 5.25. The van der Waals surface area contributed by atoms with Crippen LogP contribution in [0.2, 0.25) is 0 Å². The van der Waals surface area contributed by atoms with Crippen LogP contribution >= 0.6 is 0 Å². The van der Waals surface area contributed by atoms with E-state index in [9.17, 15) is 0 Å². The normalized spacial score (nSPS) is 19.8. The lowest BCUT2D eigenvalue weighted by Gasteiger charge is -2.23. The molecule has 0 amide bonds. The number of hydrogen-bond acceptors (Lipinski definition) is 3. The van der Waals surface area contributed by atoms with Gasteiger partial charge in [-0.25, -0.2) is 0 Å². The standard InChI is InChI=1S/C8H15N3/c1-3-4-8-10-5-6-11(8)7(2)9/h3,7H,1,4-6,9H2,2H3. The highest BCUT2D eigenvalue weighted by molar-refractivity contribution is 5.85. The van der Waals surface area contributed by atoms with Crippen LogP contribution in [0.25, 0.3) is 0 Å². The molecule has 0 fully saturated rings. The molecule has 0 bridgehead atoms. The number of hydrogen-bond donors (Lipinski definition) is 1. The second-order valence-electron chi connectivity index (χ2n) is 2.72. The van der Waals surface area contributed by atoms with E-state index in [1.54, 1.807) is 0 Å². The molecule has 1 aliphatic heterocycles. The molecule has 1 aliphatic rings. The zero-order chi connectivity index (χ0) is 8.27. The second kappa shape index (κ2) is 3.53. The minimum atomic E-state index is 0.0798. The molecule has 0 aromatic carbocycles. The van der Waals surface area contributed by atoms with Gasteiger partial charge in [0.2, 0.25) is 0 Å². The first-order valence-electron chi connectivity index (χ1n) is 3.92. The van der Waals surface area contributed by atoms with E-state index in [2.05, 4.69) is 16.5 Å². The lowest BCUT2D eigenvalue weighted by molar-refractivity contribution is 0.362. The summed E-state index contributed by atoms with van der Waals surface area (Å²) in [5, 5.41) is 0. The molecule has 0 aliphatic carbocycles. The number of nitrogens with two attached hydrogens (primary N) is 1. The first-order valence-corrected chi connectivity index (χ1v) is 3.92. The molecule has 0 saturated carbocycles. The molecule has 11 heavy (non-hydrogen) atoms. The Kier molecular flexibility index (Phi) is 2.65. The maximum Gasteiger partial charge on any atom is 0.104 e. The lowest BCUT2D eigenvalue weighted by atomic mass is 10.3. The molecule has 3 heteroatoms. The summed E-state index contributed by atoms with van der Waals surface area (Å²) < 4.78 is 0. The van der Waals surface area contributed by atoms with E-state index in [-0.39, 0.29) is 6.17 Å². The van der Waals surface area contributed by atoms with E-state index >= 15 is 0 Å². The van der Waals surface area contributed by atoms with E-state index in [1.807, 2.05) is 13.0 Å². The maximum absolute atomic E-state index is 5.73. The summed E-state index contributed by atoms with van der Waals surface area (Å²) in [5.74, 6) is 1.08. The first kappa shape index (κ1) is 8.27. The van der Waals surface area contributed by atoms with Crippen molar-refractivity contribution >= 4 is 5.84 Å². The Morgan fingerprint density at radius 1 is 1.91 bits per heavy atom. The van der Waals surface area contributed by atoms with Gasteiger partial charge in [0.25, 0.3) is 0 Å². The molecule has 1 atom stereocenters. The van der Waals surface area contributed by atoms with E-state index in [0.717, 1.165) is 25.3 Å². The van der Waals surface area contributed by atoms with Gasteiger partial charge in [-0.05, 0) is 6.92 Å². The number of nitrogens with zero attached hydrogens (tertiary/aromatic N) is 2. The predicted octanol–water partition coefficient (Wildman–Crippen LogP) is 0.581. The summed E-state index contributed by atoms with van der Waals surface area (Å²) in [6.45, 7) is 7.48. The highest BCUT2D eigenvalue weighted by Crippen LogP contribution is 2.06. The van der Waals surface area contributed by atoms with Crippen molar-refractivity contribution in [3.8, 4) is 0 Å². The number of amidine groups is 1. The average Bonchev–Trinajstić information content (AvgIpc) is 2.36. The van der Waals surface area contributed by atoms with Gasteiger partial charge in [0.05, 0.1) is 12.7 Å². The van der Waals surface area contributed by atoms with Crippen LogP contribution in [-0.2, 0) is 0 Å². The van der Waals surface area contributed by atoms with Crippen molar-refractivity contribution in [1.29, 1.82) is 0 Å². The van der Waals surface area contributed by atoms with Gasteiger partial charge in [0, 0.05) is 13.0 Å². The Labute approximate surface area is 67.6 Å². The molecule has 1 unspecified atom stereocenters. The number of rotatable bonds is 3. The van der Waals surface area contributed by atoms with Crippen molar-refractivity contribution < 1.29 is 0 Å². The molecular weight excluding hydrogens is 138 g/mol. The molecule has 0 aromatic heterocycles. The molecule has 1 heterocycles. The Hall–Kier alpha value is -0.830. The molecule has 0 spiro atoms. The molecule has 0 aromatic rings. The maximum atomic E-state index is 5.73. The van der Waals surface area contributed by atoms with Gasteiger partial charge < -0.3 is 10.6 Å². The number of aliphatic imine (C=N–C) groups is 1. The lowest BCUT2D eigenvalue weighted by Crippen LogP contribution is -2.41. The van der Waals surface area contributed by atoms with Crippen LogP contribution < -0.4 is 5.73 Å². The van der Waals surface area contributed by atoms with Crippen molar-refractivity contribution in [2.75, 3.05) is 13.1 Å². The SMILES string of the molecule is C=CCC1=NCCN1C(C)N. The van der Waals surface area contributed by atoms with E-state index in [0.29, 0.717) is 0 Å². The van der Waals surface area contributed by atoms with Gasteiger partial charge in [-0.3, -0.25) is 4.99 Å². The van der Waals surface area contributed by atoms with E-state index in [1.165, 1.54) is 0 Å². The zero-order valence-corrected chi connectivity index (χ0v) is 6.95. The van der Waals surface area contributed by atoms with Crippen molar-refractivity contribution in [3.63, 3.8) is 0 Å². The van der Waals surface area contributed by atoms with Crippen molar-refractivity contribution in [2.45, 2.75) is 19.5 Å². The predicted molar refractivity (Wildman–Crippen MR) is 47.5 cm³/mol. The third-order valence-electron chi connectivity index (χ3n) is 1.79. The fourth-order valence-corrected chi connectivity index (χ4v) is 1.26. The van der Waals surface area contributed by atoms with Crippen LogP contribution in [0.3, 0.4) is 0 Å². The summed E-state index contributed by atoms with van der Waals surface area (Å²) in [6, 6.07) is 0. The third-order valence-corrected chi connectivity index (χ3v) is 1.79. The topological polar surface area (TPSA) is 41.6 Å². The fourth-order valence-electron chi connectivity index (χ4n) is 1.26. The average molecular weight is 153 g/mol. The smallest absolute Gasteiger partial charge is 0.104 e. The summed E-state index contributed by atoms with van der Waals surface area (Å²) in [4.78, 5) is 6.43. The third kappa shape index (κ3) is 1.80. The van der Waals surface area contributed by atoms with Crippen LogP contribution in [0.15, 0.2) is 17.6 Å².